The Labute approximate surface area is 171 Å². The molecule has 2 aromatic carbocycles. The van der Waals surface area contributed by atoms with Crippen LogP contribution in [0.3, 0.4) is 0 Å². The second-order valence-corrected chi connectivity index (χ2v) is 7.39. The van der Waals surface area contributed by atoms with Crippen LogP contribution in [0.4, 0.5) is 5.69 Å². The van der Waals surface area contributed by atoms with E-state index in [1.807, 2.05) is 49.1 Å². The molecule has 1 fully saturated rings. The minimum atomic E-state index is -0.122. The highest BCUT2D eigenvalue weighted by Crippen LogP contribution is 2.33. The van der Waals surface area contributed by atoms with Crippen molar-refractivity contribution in [1.82, 2.24) is 4.90 Å². The second kappa shape index (κ2) is 8.99. The van der Waals surface area contributed by atoms with E-state index >= 15 is 0 Å². The van der Waals surface area contributed by atoms with E-state index < -0.39 is 0 Å². The zero-order chi connectivity index (χ0) is 21.0. The highest BCUT2D eigenvalue weighted by molar-refractivity contribution is 5.96. The van der Waals surface area contributed by atoms with Gasteiger partial charge >= 0.3 is 0 Å². The van der Waals surface area contributed by atoms with Gasteiger partial charge in [-0.25, -0.2) is 0 Å². The van der Waals surface area contributed by atoms with Gasteiger partial charge < -0.3 is 19.7 Å². The van der Waals surface area contributed by atoms with Crippen LogP contribution in [0.1, 0.15) is 34.3 Å². The number of aryl methyl sites for hydroxylation is 2. The van der Waals surface area contributed by atoms with Gasteiger partial charge in [0.25, 0.3) is 5.91 Å². The number of piperidine rings is 1. The minimum absolute atomic E-state index is 0.0247. The third-order valence-corrected chi connectivity index (χ3v) is 5.52. The minimum Gasteiger partial charge on any atom is -0.493 e. The van der Waals surface area contributed by atoms with Crippen LogP contribution in [0.15, 0.2) is 36.4 Å². The quantitative estimate of drug-likeness (QED) is 0.834. The number of hydrogen-bond acceptors (Lipinski definition) is 4. The van der Waals surface area contributed by atoms with Crippen molar-refractivity contribution in [2.45, 2.75) is 26.7 Å². The maximum atomic E-state index is 12.8. The predicted octanol–water partition coefficient (Wildman–Crippen LogP) is 3.81. The fourth-order valence-electron chi connectivity index (χ4n) is 3.68. The fourth-order valence-corrected chi connectivity index (χ4v) is 3.68. The van der Waals surface area contributed by atoms with Crippen molar-refractivity contribution >= 4 is 17.5 Å². The van der Waals surface area contributed by atoms with E-state index in [1.165, 1.54) is 0 Å². The summed E-state index contributed by atoms with van der Waals surface area (Å²) in [6.07, 6.45) is 1.30. The van der Waals surface area contributed by atoms with E-state index in [0.29, 0.717) is 43.1 Å². The number of hydrogen-bond donors (Lipinski definition) is 1. The van der Waals surface area contributed by atoms with Gasteiger partial charge in [-0.1, -0.05) is 18.2 Å². The largest absolute Gasteiger partial charge is 0.493 e. The Bertz CT molecular complexity index is 902. The van der Waals surface area contributed by atoms with Crippen molar-refractivity contribution in [2.75, 3.05) is 32.6 Å². The van der Waals surface area contributed by atoms with Gasteiger partial charge in [-0.05, 0) is 49.9 Å². The molecule has 2 amide bonds. The number of anilines is 1. The van der Waals surface area contributed by atoms with Gasteiger partial charge in [-0.3, -0.25) is 9.59 Å². The summed E-state index contributed by atoms with van der Waals surface area (Å²) in [7, 11) is 3.15. The molecule has 6 heteroatoms. The first-order chi connectivity index (χ1) is 13.9. The van der Waals surface area contributed by atoms with E-state index in [1.54, 1.807) is 20.3 Å². The number of carbonyl (C=O) groups is 2. The molecule has 3 rings (SSSR count). The summed E-state index contributed by atoms with van der Waals surface area (Å²) in [6.45, 7) is 5.02. The number of ether oxygens (including phenoxy) is 2. The topological polar surface area (TPSA) is 67.9 Å². The van der Waals surface area contributed by atoms with E-state index in [4.69, 9.17) is 9.47 Å². The van der Waals surface area contributed by atoms with Gasteiger partial charge in [-0.15, -0.1) is 0 Å². The molecule has 29 heavy (non-hydrogen) atoms. The van der Waals surface area contributed by atoms with Crippen molar-refractivity contribution in [3.8, 4) is 11.5 Å². The Morgan fingerprint density at radius 2 is 1.59 bits per heavy atom. The van der Waals surface area contributed by atoms with Crippen LogP contribution < -0.4 is 14.8 Å². The fraction of sp³-hybridized carbons (Fsp3) is 0.391. The molecule has 0 aromatic heterocycles. The Hall–Kier alpha value is -3.02. The number of benzene rings is 2. The number of likely N-dealkylation sites (tertiary alicyclic amines) is 1. The van der Waals surface area contributed by atoms with Gasteiger partial charge in [0.2, 0.25) is 5.91 Å². The molecule has 0 bridgehead atoms. The monoisotopic (exact) mass is 396 g/mol. The highest BCUT2D eigenvalue weighted by Gasteiger charge is 2.28. The van der Waals surface area contributed by atoms with Crippen LogP contribution in [0, 0.1) is 19.8 Å². The summed E-state index contributed by atoms with van der Waals surface area (Å²) in [5.41, 5.74) is 3.33. The molecule has 0 atom stereocenters. The number of amides is 2. The molecule has 1 aliphatic heterocycles. The summed E-state index contributed by atoms with van der Waals surface area (Å²) in [5, 5.41) is 3.01. The third kappa shape index (κ3) is 4.53. The molecule has 1 heterocycles. The van der Waals surface area contributed by atoms with Crippen molar-refractivity contribution in [1.29, 1.82) is 0 Å². The lowest BCUT2D eigenvalue weighted by atomic mass is 9.94. The van der Waals surface area contributed by atoms with Gasteiger partial charge in [0, 0.05) is 36.3 Å². The lowest BCUT2D eigenvalue weighted by molar-refractivity contribution is -0.121. The molecule has 0 aliphatic carbocycles. The van der Waals surface area contributed by atoms with Crippen LogP contribution in [0.5, 0.6) is 11.5 Å². The molecular weight excluding hydrogens is 368 g/mol. The first-order valence-electron chi connectivity index (χ1n) is 9.83. The van der Waals surface area contributed by atoms with E-state index in [9.17, 15) is 9.59 Å². The van der Waals surface area contributed by atoms with Gasteiger partial charge in [-0.2, -0.15) is 0 Å². The number of rotatable bonds is 5. The molecule has 2 aromatic rings. The van der Waals surface area contributed by atoms with Crippen LogP contribution in [0.2, 0.25) is 0 Å². The van der Waals surface area contributed by atoms with Crippen LogP contribution in [-0.2, 0) is 4.79 Å². The Kier molecular flexibility index (Phi) is 6.42. The lowest BCUT2D eigenvalue weighted by Crippen LogP contribution is -2.41. The zero-order valence-corrected chi connectivity index (χ0v) is 17.5. The number of methoxy groups -OCH3 is 2. The van der Waals surface area contributed by atoms with Gasteiger partial charge in [0.15, 0.2) is 11.5 Å². The molecule has 1 saturated heterocycles. The summed E-state index contributed by atoms with van der Waals surface area (Å²) < 4.78 is 10.6. The molecule has 0 unspecified atom stereocenters. The van der Waals surface area contributed by atoms with Gasteiger partial charge in [0.1, 0.15) is 0 Å². The molecule has 1 aliphatic rings. The number of carbonyl (C=O) groups excluding carboxylic acids is 2. The Morgan fingerprint density at radius 3 is 2.21 bits per heavy atom. The molecule has 0 radical (unpaired) electrons. The normalized spacial score (nSPS) is 14.4. The van der Waals surface area contributed by atoms with Crippen LogP contribution in [-0.4, -0.2) is 44.0 Å². The lowest BCUT2D eigenvalue weighted by Gasteiger charge is -2.32. The first kappa shape index (κ1) is 20.7. The summed E-state index contributed by atoms with van der Waals surface area (Å²) in [5.74, 6) is 1.10. The van der Waals surface area contributed by atoms with Crippen molar-refractivity contribution in [2.24, 2.45) is 5.92 Å². The van der Waals surface area contributed by atoms with E-state index in [2.05, 4.69) is 5.32 Å². The molecule has 0 spiro atoms. The molecular formula is C23H28N2O4. The Morgan fingerprint density at radius 1 is 0.966 bits per heavy atom. The average molecular weight is 396 g/mol. The SMILES string of the molecule is COc1cc(C)c(NC(=O)C2CCN(C(=O)c3ccccc3C)CC2)cc1OC. The molecule has 0 saturated carbocycles. The highest BCUT2D eigenvalue weighted by atomic mass is 16.5. The summed E-state index contributed by atoms with van der Waals surface area (Å²) in [6, 6.07) is 11.2. The maximum Gasteiger partial charge on any atom is 0.254 e. The number of nitrogens with one attached hydrogen (secondary N) is 1. The van der Waals surface area contributed by atoms with Crippen LogP contribution in [0.25, 0.3) is 0 Å². The van der Waals surface area contributed by atoms with E-state index in [-0.39, 0.29) is 17.7 Å². The molecule has 6 nitrogen and oxygen atoms in total. The van der Waals surface area contributed by atoms with Crippen LogP contribution >= 0.6 is 0 Å². The smallest absolute Gasteiger partial charge is 0.254 e. The summed E-state index contributed by atoms with van der Waals surface area (Å²) >= 11 is 0. The number of nitrogens with zero attached hydrogens (tertiary/aromatic N) is 1. The van der Waals surface area contributed by atoms with Crippen molar-refractivity contribution < 1.29 is 19.1 Å². The van der Waals surface area contributed by atoms with Crippen molar-refractivity contribution in [3.63, 3.8) is 0 Å². The summed E-state index contributed by atoms with van der Waals surface area (Å²) in [4.78, 5) is 27.4. The first-order valence-corrected chi connectivity index (χ1v) is 9.83. The van der Waals surface area contributed by atoms with Crippen molar-refractivity contribution in [3.05, 3.63) is 53.1 Å². The second-order valence-electron chi connectivity index (χ2n) is 7.39. The van der Waals surface area contributed by atoms with Gasteiger partial charge in [0.05, 0.1) is 14.2 Å². The van der Waals surface area contributed by atoms with E-state index in [0.717, 1.165) is 16.7 Å². The predicted molar refractivity (Wildman–Crippen MR) is 113 cm³/mol. The molecule has 154 valence electrons. The maximum absolute atomic E-state index is 12.8. The zero-order valence-electron chi connectivity index (χ0n) is 17.5. The molecule has 1 N–H and O–H groups in total. The Balaban J connectivity index is 1.62. The average Bonchev–Trinajstić information content (AvgIpc) is 2.74. The standard InChI is InChI=1S/C23H28N2O4/c1-15-7-5-6-8-18(15)23(27)25-11-9-17(10-12-25)22(26)24-19-14-21(29-4)20(28-3)13-16(19)2/h5-8,13-14,17H,9-12H2,1-4H3,(H,24,26). The third-order valence-electron chi connectivity index (χ3n) is 5.52.